The predicted molar refractivity (Wildman–Crippen MR) is 93.9 cm³/mol. The molecule has 0 aliphatic heterocycles. The number of nitrogens with zero attached hydrogens (tertiary/aromatic N) is 2. The molecule has 0 bridgehead atoms. The molecule has 122 valence electrons. The highest BCUT2D eigenvalue weighted by atomic mass is 32.1. The van der Waals surface area contributed by atoms with Crippen molar-refractivity contribution >= 4 is 34.0 Å². The maximum atomic E-state index is 12.0. The molecule has 0 unspecified atom stereocenters. The van der Waals surface area contributed by atoms with E-state index in [2.05, 4.69) is 11.4 Å². The molecule has 1 amide bonds. The van der Waals surface area contributed by atoms with E-state index < -0.39 is 4.92 Å². The van der Waals surface area contributed by atoms with Crippen molar-refractivity contribution in [1.82, 2.24) is 0 Å². The van der Waals surface area contributed by atoms with Crippen LogP contribution in [0.15, 0.2) is 30.3 Å². The molecule has 0 fully saturated rings. The first-order valence-electron chi connectivity index (χ1n) is 7.22. The number of nitro benzene ring substituents is 1. The average molecular weight is 341 g/mol. The van der Waals surface area contributed by atoms with Crippen LogP contribution in [-0.2, 0) is 11.2 Å². The number of amides is 1. The molecule has 2 aromatic rings. The number of anilines is 1. The fourth-order valence-electron chi connectivity index (χ4n) is 2.24. The van der Waals surface area contributed by atoms with Crippen molar-refractivity contribution in [3.63, 3.8) is 0 Å². The summed E-state index contributed by atoms with van der Waals surface area (Å²) in [7, 11) is 0. The van der Waals surface area contributed by atoms with Crippen LogP contribution >= 0.6 is 11.3 Å². The lowest BCUT2D eigenvalue weighted by Gasteiger charge is -2.00. The van der Waals surface area contributed by atoms with Gasteiger partial charge in [-0.15, -0.1) is 11.3 Å². The first kappa shape index (κ1) is 17.4. The second-order valence-electron chi connectivity index (χ2n) is 4.98. The Kier molecular flexibility index (Phi) is 5.45. The summed E-state index contributed by atoms with van der Waals surface area (Å²) >= 11 is 1.38. The van der Waals surface area contributed by atoms with Gasteiger partial charge in [-0.2, -0.15) is 5.26 Å². The van der Waals surface area contributed by atoms with Crippen molar-refractivity contribution in [3.05, 3.63) is 62.0 Å². The molecule has 2 rings (SSSR count). The van der Waals surface area contributed by atoms with Crippen LogP contribution < -0.4 is 5.32 Å². The van der Waals surface area contributed by atoms with Gasteiger partial charge in [0.25, 0.3) is 5.69 Å². The molecule has 0 spiro atoms. The van der Waals surface area contributed by atoms with E-state index in [0.29, 0.717) is 16.1 Å². The molecule has 1 N–H and O–H groups in total. The highest BCUT2D eigenvalue weighted by Gasteiger charge is 2.15. The molecule has 7 heteroatoms. The number of benzene rings is 1. The fraction of sp³-hybridized carbons (Fsp3) is 0.176. The minimum Gasteiger partial charge on any atom is -0.313 e. The van der Waals surface area contributed by atoms with Gasteiger partial charge in [0.05, 0.1) is 10.5 Å². The zero-order chi connectivity index (χ0) is 17.7. The standard InChI is InChI=1S/C17H15N3O3S/c1-3-14-11(2)24-17(15(14)10-18)19-16(21)9-6-12-4-7-13(8-5-12)20(22)23/h4-9H,3H2,1-2H3,(H,19,21)/b9-6+. The van der Waals surface area contributed by atoms with Gasteiger partial charge in [-0.1, -0.05) is 6.92 Å². The minimum atomic E-state index is -0.478. The van der Waals surface area contributed by atoms with Gasteiger partial charge in [0.2, 0.25) is 5.91 Å². The average Bonchev–Trinajstić information content (AvgIpc) is 2.87. The molecule has 1 aromatic heterocycles. The number of hydrogen-bond acceptors (Lipinski definition) is 5. The van der Waals surface area contributed by atoms with Crippen molar-refractivity contribution in [1.29, 1.82) is 5.26 Å². The van der Waals surface area contributed by atoms with Crippen LogP contribution in [0.25, 0.3) is 6.08 Å². The van der Waals surface area contributed by atoms with Gasteiger partial charge in [0.15, 0.2) is 0 Å². The lowest BCUT2D eigenvalue weighted by molar-refractivity contribution is -0.384. The van der Waals surface area contributed by atoms with Gasteiger partial charge in [-0.25, -0.2) is 0 Å². The predicted octanol–water partition coefficient (Wildman–Crippen LogP) is 4.05. The summed E-state index contributed by atoms with van der Waals surface area (Å²) in [5.41, 5.74) is 2.14. The van der Waals surface area contributed by atoms with E-state index >= 15 is 0 Å². The SMILES string of the molecule is CCc1c(C)sc(NC(=O)/C=C/c2ccc([N+](=O)[O-])cc2)c1C#N. The first-order valence-corrected chi connectivity index (χ1v) is 8.03. The van der Waals surface area contributed by atoms with Crippen molar-refractivity contribution < 1.29 is 9.72 Å². The minimum absolute atomic E-state index is 0.00332. The van der Waals surface area contributed by atoms with Crippen molar-refractivity contribution in [2.75, 3.05) is 5.32 Å². The summed E-state index contributed by atoms with van der Waals surface area (Å²) in [5.74, 6) is -0.353. The van der Waals surface area contributed by atoms with Crippen LogP contribution in [0.2, 0.25) is 0 Å². The van der Waals surface area contributed by atoms with Gasteiger partial charge in [-0.3, -0.25) is 14.9 Å². The lowest BCUT2D eigenvalue weighted by atomic mass is 10.1. The molecule has 0 atom stereocenters. The van der Waals surface area contributed by atoms with Crippen LogP contribution in [0.4, 0.5) is 10.7 Å². The van der Waals surface area contributed by atoms with Gasteiger partial charge < -0.3 is 5.32 Å². The van der Waals surface area contributed by atoms with Gasteiger partial charge >= 0.3 is 0 Å². The van der Waals surface area contributed by atoms with Crippen molar-refractivity contribution in [3.8, 4) is 6.07 Å². The molecular weight excluding hydrogens is 326 g/mol. The topological polar surface area (TPSA) is 96.0 Å². The highest BCUT2D eigenvalue weighted by Crippen LogP contribution is 2.32. The van der Waals surface area contributed by atoms with E-state index in [0.717, 1.165) is 16.9 Å². The summed E-state index contributed by atoms with van der Waals surface area (Å²) in [5, 5.41) is 23.1. The molecule has 0 radical (unpaired) electrons. The molecule has 0 aliphatic rings. The Hall–Kier alpha value is -2.98. The number of hydrogen-bond donors (Lipinski definition) is 1. The molecule has 1 aromatic carbocycles. The summed E-state index contributed by atoms with van der Waals surface area (Å²) in [6.45, 7) is 3.89. The molecule has 6 nitrogen and oxygen atoms in total. The third kappa shape index (κ3) is 3.86. The quantitative estimate of drug-likeness (QED) is 0.504. The summed E-state index contributed by atoms with van der Waals surface area (Å²) in [6, 6.07) is 8.02. The Morgan fingerprint density at radius 1 is 1.42 bits per heavy atom. The van der Waals surface area contributed by atoms with E-state index in [1.54, 1.807) is 18.2 Å². The largest absolute Gasteiger partial charge is 0.313 e. The zero-order valence-corrected chi connectivity index (χ0v) is 14.0. The normalized spacial score (nSPS) is 10.5. The third-order valence-electron chi connectivity index (χ3n) is 3.44. The maximum absolute atomic E-state index is 12.0. The molecule has 24 heavy (non-hydrogen) atoms. The van der Waals surface area contributed by atoms with Crippen molar-refractivity contribution in [2.45, 2.75) is 20.3 Å². The van der Waals surface area contributed by atoms with Gasteiger partial charge in [0, 0.05) is 23.1 Å². The smallest absolute Gasteiger partial charge is 0.269 e. The second kappa shape index (κ2) is 7.53. The monoisotopic (exact) mass is 341 g/mol. The van der Waals surface area contributed by atoms with E-state index in [4.69, 9.17) is 0 Å². The number of nitro groups is 1. The number of nitriles is 1. The summed E-state index contributed by atoms with van der Waals surface area (Å²) in [4.78, 5) is 23.2. The molecular formula is C17H15N3O3S. The van der Waals surface area contributed by atoms with Gasteiger partial charge in [-0.05, 0) is 42.7 Å². The molecule has 0 saturated heterocycles. The van der Waals surface area contributed by atoms with Crippen LogP contribution in [0, 0.1) is 28.4 Å². The van der Waals surface area contributed by atoms with E-state index in [1.165, 1.54) is 29.5 Å². The van der Waals surface area contributed by atoms with Crippen LogP contribution in [0.3, 0.4) is 0 Å². The number of rotatable bonds is 5. The van der Waals surface area contributed by atoms with Crippen LogP contribution in [0.1, 0.15) is 28.5 Å². The van der Waals surface area contributed by atoms with Crippen LogP contribution in [-0.4, -0.2) is 10.8 Å². The number of thiophene rings is 1. The third-order valence-corrected chi connectivity index (χ3v) is 4.51. The summed E-state index contributed by atoms with van der Waals surface area (Å²) < 4.78 is 0. The molecule has 1 heterocycles. The second-order valence-corrected chi connectivity index (χ2v) is 6.20. The fourth-order valence-corrected chi connectivity index (χ4v) is 3.34. The number of nitrogens with one attached hydrogen (secondary N) is 1. The lowest BCUT2D eigenvalue weighted by Crippen LogP contribution is -2.07. The van der Waals surface area contributed by atoms with E-state index in [1.807, 2.05) is 13.8 Å². The highest BCUT2D eigenvalue weighted by molar-refractivity contribution is 7.16. The number of aryl methyl sites for hydroxylation is 1. The number of carbonyl (C=O) groups is 1. The Bertz CT molecular complexity index is 845. The Labute approximate surface area is 143 Å². The van der Waals surface area contributed by atoms with Gasteiger partial charge in [0.1, 0.15) is 11.1 Å². The summed E-state index contributed by atoms with van der Waals surface area (Å²) in [6.07, 6.45) is 3.63. The van der Waals surface area contributed by atoms with E-state index in [9.17, 15) is 20.2 Å². The molecule has 0 aliphatic carbocycles. The Balaban J connectivity index is 2.11. The zero-order valence-electron chi connectivity index (χ0n) is 13.2. The Morgan fingerprint density at radius 3 is 2.62 bits per heavy atom. The molecule has 0 saturated carbocycles. The van der Waals surface area contributed by atoms with Crippen LogP contribution in [0.5, 0.6) is 0 Å². The first-order chi connectivity index (χ1) is 11.5. The Morgan fingerprint density at radius 2 is 2.08 bits per heavy atom. The number of carbonyl (C=O) groups excluding carboxylic acids is 1. The van der Waals surface area contributed by atoms with Crippen molar-refractivity contribution in [2.24, 2.45) is 0 Å². The number of non-ortho nitro benzene ring substituents is 1. The van der Waals surface area contributed by atoms with E-state index in [-0.39, 0.29) is 11.6 Å². The maximum Gasteiger partial charge on any atom is 0.269 e.